The molecule has 1 N–H and O–H groups in total. The third-order valence-corrected chi connectivity index (χ3v) is 4.68. The Hall–Kier alpha value is -3.74. The lowest BCUT2D eigenvalue weighted by atomic mass is 9.99. The Morgan fingerprint density at radius 2 is 1.90 bits per heavy atom. The first-order chi connectivity index (χ1) is 14.1. The van der Waals surface area contributed by atoms with Crippen LogP contribution in [0.1, 0.15) is 30.0 Å². The highest BCUT2D eigenvalue weighted by Gasteiger charge is 2.47. The average Bonchev–Trinajstić information content (AvgIpc) is 3.47. The Morgan fingerprint density at radius 3 is 2.59 bits per heavy atom. The number of nitrogens with zero attached hydrogens (tertiary/aromatic N) is 1. The summed E-state index contributed by atoms with van der Waals surface area (Å²) in [6.45, 7) is 2.38. The van der Waals surface area contributed by atoms with Gasteiger partial charge in [0, 0.05) is 5.56 Å². The maximum Gasteiger partial charge on any atom is 0.296 e. The number of aliphatic hydroxyl groups is 1. The van der Waals surface area contributed by atoms with Crippen LogP contribution in [0.25, 0.3) is 5.76 Å². The first-order valence-corrected chi connectivity index (χ1v) is 9.17. The summed E-state index contributed by atoms with van der Waals surface area (Å²) in [5.41, 5.74) is 0.341. The first-order valence-electron chi connectivity index (χ1n) is 9.17. The van der Waals surface area contributed by atoms with Gasteiger partial charge in [0.05, 0.1) is 31.3 Å². The molecule has 0 radical (unpaired) electrons. The van der Waals surface area contributed by atoms with Gasteiger partial charge in [0.2, 0.25) is 0 Å². The van der Waals surface area contributed by atoms with Crippen molar-refractivity contribution >= 4 is 17.4 Å². The number of rotatable bonds is 6. The van der Waals surface area contributed by atoms with E-state index in [9.17, 15) is 14.7 Å². The molecule has 3 aromatic rings. The first kappa shape index (κ1) is 18.6. The molecular formula is C22H19NO6. The molecule has 3 heterocycles. The number of hydrogen-bond acceptors (Lipinski definition) is 6. The van der Waals surface area contributed by atoms with E-state index in [1.165, 1.54) is 17.4 Å². The molecule has 1 aliphatic rings. The van der Waals surface area contributed by atoms with Crippen LogP contribution in [0.4, 0.5) is 0 Å². The Morgan fingerprint density at radius 1 is 1.10 bits per heavy atom. The Balaban J connectivity index is 1.81. The van der Waals surface area contributed by atoms with Crippen molar-refractivity contribution in [3.8, 4) is 5.75 Å². The summed E-state index contributed by atoms with van der Waals surface area (Å²) in [6, 6.07) is 12.6. The van der Waals surface area contributed by atoms with Gasteiger partial charge in [0.15, 0.2) is 0 Å². The minimum absolute atomic E-state index is 0.0369. The summed E-state index contributed by atoms with van der Waals surface area (Å²) in [6.07, 6.45) is 2.95. The van der Waals surface area contributed by atoms with E-state index >= 15 is 0 Å². The van der Waals surface area contributed by atoms with Crippen LogP contribution in [0.2, 0.25) is 0 Å². The van der Waals surface area contributed by atoms with Gasteiger partial charge in [-0.3, -0.25) is 9.59 Å². The highest BCUT2D eigenvalue weighted by Crippen LogP contribution is 2.40. The van der Waals surface area contributed by atoms with Crippen molar-refractivity contribution in [2.24, 2.45) is 0 Å². The molecule has 1 fully saturated rings. The molecule has 0 saturated carbocycles. The van der Waals surface area contributed by atoms with E-state index in [-0.39, 0.29) is 17.9 Å². The fourth-order valence-corrected chi connectivity index (χ4v) is 3.41. The fraction of sp³-hybridized carbons (Fsp3) is 0.182. The lowest BCUT2D eigenvalue weighted by Crippen LogP contribution is -2.28. The molecule has 4 rings (SSSR count). The molecule has 0 aliphatic carbocycles. The predicted octanol–water partition coefficient (Wildman–Crippen LogP) is 3.89. The number of carbonyl (C=O) groups is 2. The number of furan rings is 2. The molecule has 1 atom stereocenters. The smallest absolute Gasteiger partial charge is 0.296 e. The van der Waals surface area contributed by atoms with Crippen molar-refractivity contribution in [1.82, 2.24) is 4.90 Å². The highest BCUT2D eigenvalue weighted by molar-refractivity contribution is 6.46. The number of hydrogen-bond donors (Lipinski definition) is 1. The number of Topliss-reactive ketones (excluding diaryl/α,β-unsaturated/α-hetero) is 1. The maximum atomic E-state index is 12.9. The summed E-state index contributed by atoms with van der Waals surface area (Å²) in [5.74, 6) is -0.355. The van der Waals surface area contributed by atoms with Crippen molar-refractivity contribution in [1.29, 1.82) is 0 Å². The third-order valence-electron chi connectivity index (χ3n) is 4.68. The maximum absolute atomic E-state index is 12.9. The Kier molecular flexibility index (Phi) is 4.95. The van der Waals surface area contributed by atoms with Crippen molar-refractivity contribution < 1.29 is 28.3 Å². The molecule has 7 nitrogen and oxygen atoms in total. The van der Waals surface area contributed by atoms with Gasteiger partial charge >= 0.3 is 0 Å². The molecule has 0 bridgehead atoms. The molecule has 2 aromatic heterocycles. The standard InChI is InChI=1S/C22H19NO6/c1-2-27-15-7-3-6-14(12-15)20(24)18-19(17-9-5-11-29-17)23(22(26)21(18)25)13-16-8-4-10-28-16/h3-12,19,24H,2,13H2,1H3/b20-18+. The molecule has 1 aromatic carbocycles. The number of aliphatic hydroxyl groups excluding tert-OH is 1. The minimum atomic E-state index is -0.870. The summed E-state index contributed by atoms with van der Waals surface area (Å²) < 4.78 is 16.3. The lowest BCUT2D eigenvalue weighted by Gasteiger charge is -2.22. The van der Waals surface area contributed by atoms with E-state index in [2.05, 4.69) is 0 Å². The number of carbonyl (C=O) groups excluding carboxylic acids is 2. The molecule has 1 amide bonds. The Bertz CT molecular complexity index is 1050. The third kappa shape index (κ3) is 3.42. The van der Waals surface area contributed by atoms with Crippen molar-refractivity contribution in [2.75, 3.05) is 6.61 Å². The van der Waals surface area contributed by atoms with Crippen LogP contribution in [0.3, 0.4) is 0 Å². The van der Waals surface area contributed by atoms with Crippen LogP contribution in [0, 0.1) is 0 Å². The average molecular weight is 393 g/mol. The second-order valence-electron chi connectivity index (χ2n) is 6.48. The van der Waals surface area contributed by atoms with E-state index in [0.29, 0.717) is 29.4 Å². The quantitative estimate of drug-likeness (QED) is 0.388. The van der Waals surface area contributed by atoms with E-state index in [4.69, 9.17) is 13.6 Å². The topological polar surface area (TPSA) is 93.1 Å². The van der Waals surface area contributed by atoms with Crippen molar-refractivity contribution in [3.63, 3.8) is 0 Å². The van der Waals surface area contributed by atoms with Gasteiger partial charge in [-0.1, -0.05) is 12.1 Å². The predicted molar refractivity (Wildman–Crippen MR) is 103 cm³/mol. The van der Waals surface area contributed by atoms with Gasteiger partial charge in [-0.25, -0.2) is 0 Å². The molecular weight excluding hydrogens is 374 g/mol. The normalized spacial score (nSPS) is 18.4. The molecule has 1 aliphatic heterocycles. The van der Waals surface area contributed by atoms with Crippen LogP contribution < -0.4 is 4.74 Å². The van der Waals surface area contributed by atoms with Crippen LogP contribution >= 0.6 is 0 Å². The van der Waals surface area contributed by atoms with Crippen LogP contribution in [-0.2, 0) is 16.1 Å². The molecule has 0 spiro atoms. The van der Waals surface area contributed by atoms with Gasteiger partial charge in [-0.2, -0.15) is 0 Å². The summed E-state index contributed by atoms with van der Waals surface area (Å²) in [7, 11) is 0. The molecule has 1 saturated heterocycles. The second-order valence-corrected chi connectivity index (χ2v) is 6.48. The lowest BCUT2D eigenvalue weighted by molar-refractivity contribution is -0.140. The highest BCUT2D eigenvalue weighted by atomic mass is 16.5. The number of benzene rings is 1. The monoisotopic (exact) mass is 393 g/mol. The number of ketones is 1. The number of ether oxygens (including phenoxy) is 1. The zero-order chi connectivity index (χ0) is 20.4. The molecule has 148 valence electrons. The molecule has 1 unspecified atom stereocenters. The van der Waals surface area contributed by atoms with Crippen LogP contribution in [0.15, 0.2) is 75.5 Å². The van der Waals surface area contributed by atoms with E-state index in [1.54, 1.807) is 48.5 Å². The summed E-state index contributed by atoms with van der Waals surface area (Å²) in [4.78, 5) is 27.0. The molecule has 29 heavy (non-hydrogen) atoms. The van der Waals surface area contributed by atoms with Gasteiger partial charge in [0.1, 0.15) is 29.1 Å². The zero-order valence-corrected chi connectivity index (χ0v) is 15.7. The van der Waals surface area contributed by atoms with Crippen LogP contribution in [-0.4, -0.2) is 28.3 Å². The fourth-order valence-electron chi connectivity index (χ4n) is 3.41. The minimum Gasteiger partial charge on any atom is -0.507 e. The number of likely N-dealkylation sites (tertiary alicyclic amines) is 1. The zero-order valence-electron chi connectivity index (χ0n) is 15.7. The van der Waals surface area contributed by atoms with E-state index in [0.717, 1.165) is 0 Å². The van der Waals surface area contributed by atoms with Gasteiger partial charge in [0.25, 0.3) is 11.7 Å². The second kappa shape index (κ2) is 7.71. The molecule has 7 heteroatoms. The van der Waals surface area contributed by atoms with Gasteiger partial charge in [-0.05, 0) is 43.3 Å². The van der Waals surface area contributed by atoms with E-state index < -0.39 is 17.7 Å². The largest absolute Gasteiger partial charge is 0.507 e. The summed E-state index contributed by atoms with van der Waals surface area (Å²) >= 11 is 0. The van der Waals surface area contributed by atoms with E-state index in [1.807, 2.05) is 6.92 Å². The number of amides is 1. The van der Waals surface area contributed by atoms with Gasteiger partial charge in [-0.15, -0.1) is 0 Å². The SMILES string of the molecule is CCOc1cccc(/C(O)=C2\C(=O)C(=O)N(Cc3ccco3)C2c2ccco2)c1. The summed E-state index contributed by atoms with van der Waals surface area (Å²) in [5, 5.41) is 11.0. The Labute approximate surface area is 166 Å². The van der Waals surface area contributed by atoms with Crippen molar-refractivity contribution in [2.45, 2.75) is 19.5 Å². The van der Waals surface area contributed by atoms with Crippen LogP contribution in [0.5, 0.6) is 5.75 Å². The van der Waals surface area contributed by atoms with Gasteiger partial charge < -0.3 is 23.6 Å². The van der Waals surface area contributed by atoms with Crippen molar-refractivity contribution in [3.05, 3.63) is 83.7 Å².